The fourth-order valence-electron chi connectivity index (χ4n) is 1.86. The summed E-state index contributed by atoms with van der Waals surface area (Å²) < 4.78 is 0. The van der Waals surface area contributed by atoms with Crippen molar-refractivity contribution in [2.24, 2.45) is 0 Å². The third-order valence-electron chi connectivity index (χ3n) is 2.24. The summed E-state index contributed by atoms with van der Waals surface area (Å²) in [5.41, 5.74) is 0.308. The van der Waals surface area contributed by atoms with E-state index in [1.807, 2.05) is 0 Å². The normalized spacial score (nSPS) is 20.2. The second kappa shape index (κ2) is 5.03. The summed E-state index contributed by atoms with van der Waals surface area (Å²) >= 11 is 0. The van der Waals surface area contributed by atoms with Crippen molar-refractivity contribution in [1.82, 2.24) is 5.32 Å². The van der Waals surface area contributed by atoms with Crippen LogP contribution in [0.15, 0.2) is 0 Å². The standard InChI is InChI=1S/C10H21N.H4Si/c1-10(2,3)11-9-7-5-4-6-8-9;/h9,11H,4-8H2,1-3H3;1H4. The summed E-state index contributed by atoms with van der Waals surface area (Å²) in [6, 6.07) is 0.795. The molecule has 1 fully saturated rings. The van der Waals surface area contributed by atoms with Crippen molar-refractivity contribution >= 4 is 11.0 Å². The molecular formula is C10H25NSi. The average Bonchev–Trinajstić information content (AvgIpc) is 1.85. The van der Waals surface area contributed by atoms with E-state index in [1.54, 1.807) is 0 Å². The molecule has 0 aliphatic heterocycles. The quantitative estimate of drug-likeness (QED) is 0.609. The Balaban J connectivity index is 0.00000121. The summed E-state index contributed by atoms with van der Waals surface area (Å²) in [6.07, 6.45) is 7.07. The molecule has 0 aromatic carbocycles. The van der Waals surface area contributed by atoms with Crippen LogP contribution in [0.25, 0.3) is 0 Å². The molecule has 0 heterocycles. The molecule has 1 rings (SSSR count). The van der Waals surface area contributed by atoms with Crippen LogP contribution in [0, 0.1) is 0 Å². The van der Waals surface area contributed by atoms with Crippen LogP contribution in [0.5, 0.6) is 0 Å². The Morgan fingerprint density at radius 2 is 1.50 bits per heavy atom. The predicted octanol–water partition coefficient (Wildman–Crippen LogP) is 1.26. The minimum absolute atomic E-state index is 0. The van der Waals surface area contributed by atoms with Gasteiger partial charge in [0.05, 0.1) is 0 Å². The lowest BCUT2D eigenvalue weighted by molar-refractivity contribution is 0.295. The van der Waals surface area contributed by atoms with E-state index in [0.717, 1.165) is 6.04 Å². The van der Waals surface area contributed by atoms with Crippen molar-refractivity contribution in [3.8, 4) is 0 Å². The summed E-state index contributed by atoms with van der Waals surface area (Å²) in [6.45, 7) is 6.75. The lowest BCUT2D eigenvalue weighted by Gasteiger charge is -2.31. The van der Waals surface area contributed by atoms with Crippen LogP contribution in [0.3, 0.4) is 0 Å². The number of hydrogen-bond donors (Lipinski definition) is 1. The van der Waals surface area contributed by atoms with Gasteiger partial charge in [-0.05, 0) is 44.6 Å². The van der Waals surface area contributed by atoms with Gasteiger partial charge in [0.25, 0.3) is 0 Å². The van der Waals surface area contributed by atoms with Gasteiger partial charge in [0.1, 0.15) is 0 Å². The molecule has 1 saturated carbocycles. The van der Waals surface area contributed by atoms with Gasteiger partial charge >= 0.3 is 0 Å². The first-order valence-corrected chi connectivity index (χ1v) is 4.86. The summed E-state index contributed by atoms with van der Waals surface area (Å²) in [7, 11) is 0. The second-order valence-electron chi connectivity index (χ2n) is 4.73. The van der Waals surface area contributed by atoms with Crippen molar-refractivity contribution in [2.45, 2.75) is 64.5 Å². The highest BCUT2D eigenvalue weighted by Crippen LogP contribution is 2.19. The zero-order valence-electron chi connectivity index (χ0n) is 8.11. The van der Waals surface area contributed by atoms with Gasteiger partial charge in [-0.2, -0.15) is 0 Å². The maximum absolute atomic E-state index is 3.66. The molecule has 0 atom stereocenters. The SMILES string of the molecule is CC(C)(C)NC1CCCCC1.[SiH4]. The van der Waals surface area contributed by atoms with Gasteiger partial charge < -0.3 is 5.32 Å². The summed E-state index contributed by atoms with van der Waals surface area (Å²) in [5.74, 6) is 0. The van der Waals surface area contributed by atoms with Gasteiger partial charge in [0.15, 0.2) is 0 Å². The molecule has 0 aromatic rings. The van der Waals surface area contributed by atoms with Gasteiger partial charge in [-0.3, -0.25) is 0 Å². The fraction of sp³-hybridized carbons (Fsp3) is 1.00. The fourth-order valence-corrected chi connectivity index (χ4v) is 1.86. The van der Waals surface area contributed by atoms with E-state index < -0.39 is 0 Å². The van der Waals surface area contributed by atoms with Crippen LogP contribution < -0.4 is 5.32 Å². The van der Waals surface area contributed by atoms with Gasteiger partial charge in [-0.15, -0.1) is 0 Å². The lowest BCUT2D eigenvalue weighted by atomic mass is 9.93. The van der Waals surface area contributed by atoms with Gasteiger partial charge in [0, 0.05) is 11.6 Å². The Bertz CT molecular complexity index is 111. The molecule has 0 amide bonds. The largest absolute Gasteiger partial charge is 0.309 e. The first-order valence-electron chi connectivity index (χ1n) is 4.86. The Kier molecular flexibility index (Phi) is 5.10. The second-order valence-corrected chi connectivity index (χ2v) is 4.73. The molecule has 0 saturated heterocycles. The molecular weight excluding hydrogens is 162 g/mol. The number of nitrogens with one attached hydrogen (secondary N) is 1. The number of hydrogen-bond acceptors (Lipinski definition) is 1. The molecule has 0 spiro atoms. The van der Waals surface area contributed by atoms with Crippen LogP contribution in [0.2, 0.25) is 0 Å². The smallest absolute Gasteiger partial charge is 0.00990 e. The van der Waals surface area contributed by atoms with Crippen molar-refractivity contribution in [3.63, 3.8) is 0 Å². The van der Waals surface area contributed by atoms with Crippen LogP contribution in [-0.2, 0) is 0 Å². The van der Waals surface area contributed by atoms with E-state index in [1.165, 1.54) is 32.1 Å². The molecule has 0 radical (unpaired) electrons. The zero-order chi connectivity index (χ0) is 8.32. The van der Waals surface area contributed by atoms with Crippen molar-refractivity contribution in [2.75, 3.05) is 0 Å². The third kappa shape index (κ3) is 4.94. The molecule has 1 nitrogen and oxygen atoms in total. The molecule has 0 bridgehead atoms. The van der Waals surface area contributed by atoms with Crippen molar-refractivity contribution < 1.29 is 0 Å². The molecule has 1 aliphatic carbocycles. The maximum Gasteiger partial charge on any atom is 0.00990 e. The van der Waals surface area contributed by atoms with E-state index in [2.05, 4.69) is 26.1 Å². The monoisotopic (exact) mass is 187 g/mol. The lowest BCUT2D eigenvalue weighted by Crippen LogP contribution is -2.44. The van der Waals surface area contributed by atoms with E-state index in [4.69, 9.17) is 0 Å². The Hall–Kier alpha value is 0.177. The van der Waals surface area contributed by atoms with E-state index in [0.29, 0.717) is 5.54 Å². The Morgan fingerprint density at radius 1 is 1.00 bits per heavy atom. The Labute approximate surface area is 81.3 Å². The predicted molar refractivity (Wildman–Crippen MR) is 61.1 cm³/mol. The molecule has 74 valence electrons. The molecule has 2 heteroatoms. The minimum Gasteiger partial charge on any atom is -0.309 e. The molecule has 0 unspecified atom stereocenters. The molecule has 12 heavy (non-hydrogen) atoms. The van der Waals surface area contributed by atoms with Crippen LogP contribution in [-0.4, -0.2) is 22.5 Å². The first kappa shape index (κ1) is 12.2. The highest BCUT2D eigenvalue weighted by molar-refractivity contribution is 5.75. The van der Waals surface area contributed by atoms with Crippen LogP contribution in [0.4, 0.5) is 0 Å². The first-order chi connectivity index (χ1) is 5.08. The number of rotatable bonds is 1. The molecule has 1 N–H and O–H groups in total. The van der Waals surface area contributed by atoms with Gasteiger partial charge in [0.2, 0.25) is 0 Å². The minimum atomic E-state index is 0. The Morgan fingerprint density at radius 3 is 1.92 bits per heavy atom. The average molecular weight is 187 g/mol. The molecule has 0 aromatic heterocycles. The van der Waals surface area contributed by atoms with Gasteiger partial charge in [-0.25, -0.2) is 0 Å². The van der Waals surface area contributed by atoms with Crippen LogP contribution in [0.1, 0.15) is 52.9 Å². The highest BCUT2D eigenvalue weighted by atomic mass is 28.1. The highest BCUT2D eigenvalue weighted by Gasteiger charge is 2.18. The summed E-state index contributed by atoms with van der Waals surface area (Å²) in [4.78, 5) is 0. The van der Waals surface area contributed by atoms with E-state index >= 15 is 0 Å². The van der Waals surface area contributed by atoms with E-state index in [-0.39, 0.29) is 11.0 Å². The zero-order valence-corrected chi connectivity index (χ0v) is 8.11. The topological polar surface area (TPSA) is 12.0 Å². The van der Waals surface area contributed by atoms with Gasteiger partial charge in [-0.1, -0.05) is 19.3 Å². The van der Waals surface area contributed by atoms with Crippen LogP contribution >= 0.6 is 0 Å². The maximum atomic E-state index is 3.66. The molecule has 1 aliphatic rings. The van der Waals surface area contributed by atoms with E-state index in [9.17, 15) is 0 Å². The summed E-state index contributed by atoms with van der Waals surface area (Å²) in [5, 5.41) is 3.66. The van der Waals surface area contributed by atoms with Crippen molar-refractivity contribution in [3.05, 3.63) is 0 Å². The van der Waals surface area contributed by atoms with Crippen molar-refractivity contribution in [1.29, 1.82) is 0 Å². The third-order valence-corrected chi connectivity index (χ3v) is 2.24.